The van der Waals surface area contributed by atoms with Crippen molar-refractivity contribution < 1.29 is 14.3 Å². The van der Waals surface area contributed by atoms with Gasteiger partial charge in [-0.15, -0.1) is 22.7 Å². The topological polar surface area (TPSA) is 107 Å². The zero-order chi connectivity index (χ0) is 24.4. The fraction of sp³-hybridized carbons (Fsp3) is 0.280. The molecule has 0 radical (unpaired) electrons. The van der Waals surface area contributed by atoms with Crippen LogP contribution >= 0.6 is 34.4 Å². The highest BCUT2D eigenvalue weighted by Gasteiger charge is 2.24. The zero-order valence-corrected chi connectivity index (χ0v) is 21.6. The Morgan fingerprint density at radius 1 is 1.17 bits per heavy atom. The maximum Gasteiger partial charge on any atom is 0.341 e. The Morgan fingerprint density at radius 2 is 1.97 bits per heavy atom. The van der Waals surface area contributed by atoms with E-state index in [-0.39, 0.29) is 18.3 Å². The number of carbonyl (C=O) groups is 2. The first-order chi connectivity index (χ1) is 17.0. The Kier molecular flexibility index (Phi) is 7.03. The van der Waals surface area contributed by atoms with Gasteiger partial charge in [0.2, 0.25) is 5.91 Å². The molecule has 4 aromatic rings. The zero-order valence-electron chi connectivity index (χ0n) is 19.1. The van der Waals surface area contributed by atoms with Gasteiger partial charge in [-0.3, -0.25) is 4.79 Å². The molecule has 7 nitrogen and oxygen atoms in total. The highest BCUT2D eigenvalue weighted by Crippen LogP contribution is 2.39. The van der Waals surface area contributed by atoms with Crippen LogP contribution in [0.15, 0.2) is 40.9 Å². The Morgan fingerprint density at radius 3 is 2.77 bits per heavy atom. The number of esters is 1. The summed E-state index contributed by atoms with van der Waals surface area (Å²) in [5.74, 6) is -0.141. The number of nitrogens with one attached hydrogen (secondary N) is 1. The average molecular weight is 525 g/mol. The largest absolute Gasteiger partial charge is 0.462 e. The summed E-state index contributed by atoms with van der Waals surface area (Å²) in [7, 11) is 0. The molecule has 3 aromatic heterocycles. The number of nitrogen functional groups attached to an aromatic ring is 1. The van der Waals surface area contributed by atoms with Crippen LogP contribution in [0.25, 0.3) is 21.3 Å². The molecule has 0 bridgehead atoms. The average Bonchev–Trinajstić information content (AvgIpc) is 3.45. The molecule has 0 saturated carbocycles. The van der Waals surface area contributed by atoms with E-state index >= 15 is 0 Å². The number of hydrogen-bond donors (Lipinski definition) is 2. The van der Waals surface area contributed by atoms with E-state index in [1.165, 1.54) is 40.0 Å². The molecule has 35 heavy (non-hydrogen) atoms. The quantitative estimate of drug-likeness (QED) is 0.179. The first kappa shape index (κ1) is 23.8. The second kappa shape index (κ2) is 10.3. The Hall–Kier alpha value is -2.95. The fourth-order valence-electron chi connectivity index (χ4n) is 4.21. The van der Waals surface area contributed by atoms with E-state index in [1.807, 2.05) is 35.7 Å². The lowest BCUT2D eigenvalue weighted by atomic mass is 9.97. The van der Waals surface area contributed by atoms with Crippen LogP contribution in [0.3, 0.4) is 0 Å². The number of fused-ring (bicyclic) bond motifs is 3. The van der Waals surface area contributed by atoms with E-state index in [9.17, 15) is 9.59 Å². The number of nitrogens with two attached hydrogens (primary N) is 1. The van der Waals surface area contributed by atoms with Crippen LogP contribution in [0.1, 0.15) is 40.6 Å². The molecule has 0 aliphatic heterocycles. The van der Waals surface area contributed by atoms with Crippen LogP contribution in [0.5, 0.6) is 0 Å². The molecule has 5 rings (SSSR count). The molecule has 180 valence electrons. The van der Waals surface area contributed by atoms with Crippen molar-refractivity contribution in [3.63, 3.8) is 0 Å². The van der Waals surface area contributed by atoms with Crippen LogP contribution in [0.4, 0.5) is 10.8 Å². The summed E-state index contributed by atoms with van der Waals surface area (Å²) in [5.41, 5.74) is 9.57. The molecule has 0 atom stereocenters. The molecule has 0 fully saturated rings. The molecule has 1 aliphatic carbocycles. The van der Waals surface area contributed by atoms with E-state index in [0.717, 1.165) is 40.6 Å². The molecule has 1 aliphatic rings. The third-order valence-corrected chi connectivity index (χ3v) is 8.69. The van der Waals surface area contributed by atoms with Gasteiger partial charge in [-0.25, -0.2) is 14.8 Å². The number of thiophene rings is 2. The molecule has 1 amide bonds. The Bertz CT molecular complexity index is 1400. The molecule has 1 aromatic carbocycles. The summed E-state index contributed by atoms with van der Waals surface area (Å²) in [6.45, 7) is 2.01. The van der Waals surface area contributed by atoms with Gasteiger partial charge in [0.05, 0.1) is 17.7 Å². The number of thioether (sulfide) groups is 1. The third kappa shape index (κ3) is 4.91. The smallest absolute Gasteiger partial charge is 0.341 e. The first-order valence-electron chi connectivity index (χ1n) is 11.4. The Balaban J connectivity index is 1.33. The van der Waals surface area contributed by atoms with E-state index in [0.29, 0.717) is 21.5 Å². The van der Waals surface area contributed by atoms with Crippen LogP contribution in [0, 0.1) is 0 Å². The minimum absolute atomic E-state index is 0.0941. The summed E-state index contributed by atoms with van der Waals surface area (Å²) in [4.78, 5) is 36.9. The van der Waals surface area contributed by atoms with Crippen molar-refractivity contribution in [2.24, 2.45) is 0 Å². The highest BCUT2D eigenvalue weighted by atomic mass is 32.2. The fourth-order valence-corrected chi connectivity index (χ4v) is 7.16. The monoisotopic (exact) mass is 524 g/mol. The summed E-state index contributed by atoms with van der Waals surface area (Å²) in [6.07, 6.45) is 4.44. The molecule has 3 heterocycles. The lowest BCUT2D eigenvalue weighted by Gasteiger charge is -2.10. The second-order valence-corrected chi connectivity index (χ2v) is 11.0. The van der Waals surface area contributed by atoms with E-state index in [4.69, 9.17) is 10.5 Å². The number of hydrogen-bond acceptors (Lipinski definition) is 9. The molecule has 10 heteroatoms. The summed E-state index contributed by atoms with van der Waals surface area (Å²) in [5, 5.41) is 6.66. The van der Waals surface area contributed by atoms with Gasteiger partial charge in [0.15, 0.2) is 5.16 Å². The van der Waals surface area contributed by atoms with Crippen molar-refractivity contribution in [3.05, 3.63) is 51.7 Å². The van der Waals surface area contributed by atoms with Gasteiger partial charge in [0.25, 0.3) is 0 Å². The molecule has 0 spiro atoms. The normalized spacial score (nSPS) is 12.9. The van der Waals surface area contributed by atoms with Gasteiger partial charge >= 0.3 is 5.97 Å². The SMILES string of the molecule is CCOC(=O)c1c(-c2ccccc2)csc1NC(=O)CSc1nc(N)c2c3c(sc2n1)CCCC3. The number of anilines is 2. The maximum atomic E-state index is 12.8. The van der Waals surface area contributed by atoms with E-state index in [1.54, 1.807) is 18.3 Å². The number of ether oxygens (including phenoxy) is 1. The summed E-state index contributed by atoms with van der Waals surface area (Å²) >= 11 is 4.22. The van der Waals surface area contributed by atoms with Crippen molar-refractivity contribution in [3.8, 4) is 11.1 Å². The minimum atomic E-state index is -0.459. The number of amides is 1. The predicted octanol–water partition coefficient (Wildman–Crippen LogP) is 5.79. The van der Waals surface area contributed by atoms with Crippen molar-refractivity contribution >= 4 is 67.3 Å². The van der Waals surface area contributed by atoms with Crippen LogP contribution in [-0.4, -0.2) is 34.2 Å². The summed E-state index contributed by atoms with van der Waals surface area (Å²) in [6, 6.07) is 9.57. The van der Waals surface area contributed by atoms with Crippen molar-refractivity contribution in [2.75, 3.05) is 23.4 Å². The molecule has 0 unspecified atom stereocenters. The number of nitrogens with zero attached hydrogens (tertiary/aromatic N) is 2. The van der Waals surface area contributed by atoms with Gasteiger partial charge < -0.3 is 15.8 Å². The lowest BCUT2D eigenvalue weighted by Crippen LogP contribution is -2.16. The van der Waals surface area contributed by atoms with Gasteiger partial charge in [0.1, 0.15) is 21.2 Å². The van der Waals surface area contributed by atoms with Gasteiger partial charge in [0, 0.05) is 15.8 Å². The minimum Gasteiger partial charge on any atom is -0.462 e. The molecule has 3 N–H and O–H groups in total. The van der Waals surface area contributed by atoms with Crippen molar-refractivity contribution in [1.29, 1.82) is 0 Å². The van der Waals surface area contributed by atoms with Crippen LogP contribution < -0.4 is 11.1 Å². The lowest BCUT2D eigenvalue weighted by molar-refractivity contribution is -0.113. The number of aryl methyl sites for hydroxylation is 2. The molecular weight excluding hydrogens is 501 g/mol. The molecule has 0 saturated heterocycles. The standard InChI is InChI=1S/C25H24N4O3S3/c1-2-32-24(31)20-16(14-8-4-3-5-9-14)12-33-22(20)27-18(30)13-34-25-28-21(26)19-15-10-6-7-11-17(15)35-23(19)29-25/h3-5,8-9,12H,2,6-7,10-11,13H2,1H3,(H,27,30)(H2,26,28,29). The number of aromatic nitrogens is 2. The van der Waals surface area contributed by atoms with Gasteiger partial charge in [-0.2, -0.15) is 0 Å². The van der Waals surface area contributed by atoms with Gasteiger partial charge in [-0.05, 0) is 43.7 Å². The number of carbonyl (C=O) groups excluding carboxylic acids is 2. The highest BCUT2D eigenvalue weighted by molar-refractivity contribution is 7.99. The number of rotatable bonds is 7. The number of benzene rings is 1. The predicted molar refractivity (Wildman–Crippen MR) is 144 cm³/mol. The third-order valence-electron chi connectivity index (χ3n) is 5.76. The Labute approximate surface area is 215 Å². The van der Waals surface area contributed by atoms with Crippen molar-refractivity contribution in [1.82, 2.24) is 9.97 Å². The molecular formula is C25H24N4O3S3. The van der Waals surface area contributed by atoms with Crippen molar-refractivity contribution in [2.45, 2.75) is 37.8 Å². The summed E-state index contributed by atoms with van der Waals surface area (Å²) < 4.78 is 5.27. The maximum absolute atomic E-state index is 12.8. The van der Waals surface area contributed by atoms with E-state index < -0.39 is 5.97 Å². The van der Waals surface area contributed by atoms with Crippen LogP contribution in [-0.2, 0) is 22.4 Å². The van der Waals surface area contributed by atoms with Gasteiger partial charge in [-0.1, -0.05) is 42.1 Å². The first-order valence-corrected chi connectivity index (χ1v) is 14.1. The van der Waals surface area contributed by atoms with Crippen LogP contribution in [0.2, 0.25) is 0 Å². The van der Waals surface area contributed by atoms with E-state index in [2.05, 4.69) is 15.3 Å². The second-order valence-electron chi connectivity index (χ2n) is 8.06.